The van der Waals surface area contributed by atoms with Gasteiger partial charge in [0.1, 0.15) is 0 Å². The van der Waals surface area contributed by atoms with Crippen LogP contribution in [-0.4, -0.2) is 21.5 Å². The Hall–Kier alpha value is -2.39. The van der Waals surface area contributed by atoms with Gasteiger partial charge in [-0.2, -0.15) is 13.2 Å². The van der Waals surface area contributed by atoms with E-state index < -0.39 is 38.2 Å². The molecule has 0 aliphatic heterocycles. The van der Waals surface area contributed by atoms with Crippen LogP contribution in [0, 0.1) is 6.92 Å². The third kappa shape index (κ3) is 3.99. The van der Waals surface area contributed by atoms with Gasteiger partial charge in [0.2, 0.25) is 10.0 Å². The van der Waals surface area contributed by atoms with Crippen LogP contribution in [0.15, 0.2) is 41.3 Å². The Kier molecular flexibility index (Phi) is 4.92. The number of hydrogen-bond donors (Lipinski definition) is 1. The molecule has 0 amide bonds. The van der Waals surface area contributed by atoms with Gasteiger partial charge in [0.05, 0.1) is 23.1 Å². The van der Waals surface area contributed by atoms with Crippen LogP contribution in [0.2, 0.25) is 0 Å². The highest BCUT2D eigenvalue weighted by Crippen LogP contribution is 2.38. The van der Waals surface area contributed by atoms with Crippen molar-refractivity contribution in [1.82, 2.24) is 0 Å². The van der Waals surface area contributed by atoms with Crippen molar-refractivity contribution in [3.63, 3.8) is 0 Å². The van der Waals surface area contributed by atoms with Crippen LogP contribution in [0.3, 0.4) is 0 Å². The van der Waals surface area contributed by atoms with Gasteiger partial charge in [0.25, 0.3) is 0 Å². The third-order valence-electron chi connectivity index (χ3n) is 3.50. The Morgan fingerprint density at radius 3 is 2.12 bits per heavy atom. The summed E-state index contributed by atoms with van der Waals surface area (Å²) in [6.07, 6.45) is -4.89. The van der Waals surface area contributed by atoms with Gasteiger partial charge in [-0.05, 0) is 24.6 Å². The highest BCUT2D eigenvalue weighted by Gasteiger charge is 2.37. The number of carbonyl (C=O) groups is 1. The van der Waals surface area contributed by atoms with Crippen LogP contribution >= 0.6 is 0 Å². The molecule has 25 heavy (non-hydrogen) atoms. The van der Waals surface area contributed by atoms with Gasteiger partial charge in [-0.15, -0.1) is 0 Å². The lowest BCUT2D eigenvalue weighted by Crippen LogP contribution is -2.19. The first-order valence-corrected chi connectivity index (χ1v) is 8.43. The minimum absolute atomic E-state index is 0.219. The Morgan fingerprint density at radius 2 is 1.68 bits per heavy atom. The number of halogens is 3. The number of rotatable bonds is 3. The van der Waals surface area contributed by atoms with E-state index in [0.29, 0.717) is 12.1 Å². The van der Waals surface area contributed by atoms with Crippen molar-refractivity contribution in [2.75, 3.05) is 7.11 Å². The Balaban J connectivity index is 2.90. The van der Waals surface area contributed by atoms with Crippen molar-refractivity contribution in [2.24, 2.45) is 5.14 Å². The number of alkyl halides is 3. The molecular formula is C16H14F3NO4S. The van der Waals surface area contributed by atoms with Gasteiger partial charge in [0.15, 0.2) is 0 Å². The molecule has 0 aliphatic rings. The number of nitrogens with two attached hydrogens (primary N) is 1. The average Bonchev–Trinajstić information content (AvgIpc) is 2.52. The molecule has 0 saturated heterocycles. The molecule has 5 nitrogen and oxygen atoms in total. The van der Waals surface area contributed by atoms with Crippen molar-refractivity contribution in [3.8, 4) is 11.1 Å². The number of esters is 1. The summed E-state index contributed by atoms with van der Waals surface area (Å²) in [5.41, 5.74) is -1.42. The maximum Gasteiger partial charge on any atom is 0.417 e. The lowest BCUT2D eigenvalue weighted by molar-refractivity contribution is -0.138. The van der Waals surface area contributed by atoms with Crippen LogP contribution in [-0.2, 0) is 20.9 Å². The van der Waals surface area contributed by atoms with Crippen LogP contribution in [0.4, 0.5) is 13.2 Å². The smallest absolute Gasteiger partial charge is 0.417 e. The normalized spacial score (nSPS) is 12.1. The molecular weight excluding hydrogens is 359 g/mol. The van der Waals surface area contributed by atoms with E-state index in [2.05, 4.69) is 4.74 Å². The van der Waals surface area contributed by atoms with Crippen LogP contribution in [0.1, 0.15) is 21.5 Å². The first-order valence-electron chi connectivity index (χ1n) is 6.88. The number of primary sulfonamides is 1. The van der Waals surface area contributed by atoms with Gasteiger partial charge in [-0.1, -0.05) is 29.8 Å². The van der Waals surface area contributed by atoms with E-state index in [4.69, 9.17) is 5.14 Å². The lowest BCUT2D eigenvalue weighted by atomic mass is 9.98. The summed E-state index contributed by atoms with van der Waals surface area (Å²) in [5.74, 6) is -1.31. The predicted octanol–water partition coefficient (Wildman–Crippen LogP) is 3.11. The van der Waals surface area contributed by atoms with Gasteiger partial charge < -0.3 is 4.74 Å². The first kappa shape index (κ1) is 18.9. The lowest BCUT2D eigenvalue weighted by Gasteiger charge is -2.16. The van der Waals surface area contributed by atoms with Gasteiger partial charge in [-0.25, -0.2) is 18.4 Å². The maximum atomic E-state index is 13.3. The highest BCUT2D eigenvalue weighted by molar-refractivity contribution is 7.89. The molecule has 0 fully saturated rings. The van der Waals surface area contributed by atoms with Crippen molar-refractivity contribution >= 4 is 16.0 Å². The van der Waals surface area contributed by atoms with E-state index in [1.165, 1.54) is 12.1 Å². The molecule has 0 bridgehead atoms. The molecule has 9 heteroatoms. The predicted molar refractivity (Wildman–Crippen MR) is 84.3 cm³/mol. The molecule has 0 unspecified atom stereocenters. The van der Waals surface area contributed by atoms with Crippen LogP contribution < -0.4 is 5.14 Å². The zero-order chi connectivity index (χ0) is 19.0. The van der Waals surface area contributed by atoms with Gasteiger partial charge in [0, 0.05) is 5.56 Å². The topological polar surface area (TPSA) is 86.5 Å². The molecule has 0 saturated carbocycles. The zero-order valence-corrected chi connectivity index (χ0v) is 14.0. The molecule has 0 atom stereocenters. The molecule has 0 radical (unpaired) electrons. The van der Waals surface area contributed by atoms with Gasteiger partial charge in [-0.3, -0.25) is 0 Å². The molecule has 0 spiro atoms. The molecule has 0 heterocycles. The summed E-state index contributed by atoms with van der Waals surface area (Å²) in [7, 11) is -3.50. The van der Waals surface area contributed by atoms with Crippen molar-refractivity contribution in [1.29, 1.82) is 0 Å². The second-order valence-electron chi connectivity index (χ2n) is 5.29. The molecule has 2 aromatic rings. The first-order chi connectivity index (χ1) is 11.4. The molecule has 0 aliphatic carbocycles. The number of aryl methyl sites for hydroxylation is 1. The summed E-state index contributed by atoms with van der Waals surface area (Å²) in [6.45, 7) is 1.77. The van der Waals surface area contributed by atoms with Crippen LogP contribution in [0.5, 0.6) is 0 Å². The monoisotopic (exact) mass is 373 g/mol. The Bertz CT molecular complexity index is 920. The fourth-order valence-corrected chi connectivity index (χ4v) is 3.05. The summed E-state index contributed by atoms with van der Waals surface area (Å²) in [6, 6.07) is 7.36. The minimum Gasteiger partial charge on any atom is -0.465 e. The van der Waals surface area contributed by atoms with Crippen molar-refractivity contribution < 1.29 is 31.1 Å². The molecule has 2 N–H and O–H groups in total. The van der Waals surface area contributed by atoms with E-state index in [0.717, 1.165) is 12.7 Å². The van der Waals surface area contributed by atoms with E-state index in [1.807, 2.05) is 0 Å². The van der Waals surface area contributed by atoms with E-state index in [-0.39, 0.29) is 11.1 Å². The Morgan fingerprint density at radius 1 is 1.12 bits per heavy atom. The number of hydrogen-bond acceptors (Lipinski definition) is 4. The largest absolute Gasteiger partial charge is 0.465 e. The standard InChI is InChI=1S/C16H14F3NO4S/c1-9-3-5-10(6-4-9)11-7-13(16(17,18)19)12(15(21)24-2)8-14(11)25(20,22)23/h3-8H,1-2H3,(H2,20,22,23). The second-order valence-corrected chi connectivity index (χ2v) is 6.82. The van der Waals surface area contributed by atoms with Crippen molar-refractivity contribution in [3.05, 3.63) is 53.1 Å². The summed E-state index contributed by atoms with van der Waals surface area (Å²) in [4.78, 5) is 11.1. The number of benzene rings is 2. The van der Waals surface area contributed by atoms with Gasteiger partial charge >= 0.3 is 12.1 Å². The third-order valence-corrected chi connectivity index (χ3v) is 4.45. The quantitative estimate of drug-likeness (QED) is 0.838. The SMILES string of the molecule is COC(=O)c1cc(S(N)(=O)=O)c(-c2ccc(C)cc2)cc1C(F)(F)F. The molecule has 2 rings (SSSR count). The Labute approximate surface area is 142 Å². The molecule has 2 aromatic carbocycles. The number of ether oxygens (including phenoxy) is 1. The second kappa shape index (κ2) is 6.49. The zero-order valence-electron chi connectivity index (χ0n) is 13.2. The number of carbonyl (C=O) groups excluding carboxylic acids is 1. The van der Waals surface area contributed by atoms with E-state index in [1.54, 1.807) is 19.1 Å². The molecule has 134 valence electrons. The van der Waals surface area contributed by atoms with E-state index >= 15 is 0 Å². The fourth-order valence-electron chi connectivity index (χ4n) is 2.29. The summed E-state index contributed by atoms with van der Waals surface area (Å²) >= 11 is 0. The van der Waals surface area contributed by atoms with Crippen LogP contribution in [0.25, 0.3) is 11.1 Å². The fraction of sp³-hybridized carbons (Fsp3) is 0.188. The number of sulfonamides is 1. The maximum absolute atomic E-state index is 13.3. The molecule has 0 aromatic heterocycles. The average molecular weight is 373 g/mol. The minimum atomic E-state index is -4.89. The summed E-state index contributed by atoms with van der Waals surface area (Å²) < 4.78 is 68.1. The number of methoxy groups -OCH3 is 1. The van der Waals surface area contributed by atoms with Crippen molar-refractivity contribution in [2.45, 2.75) is 18.0 Å². The van der Waals surface area contributed by atoms with E-state index in [9.17, 15) is 26.4 Å². The summed E-state index contributed by atoms with van der Waals surface area (Å²) in [5, 5.41) is 5.13. The highest BCUT2D eigenvalue weighted by atomic mass is 32.2.